The Labute approximate surface area is 111 Å². The van der Waals surface area contributed by atoms with Gasteiger partial charge in [0.1, 0.15) is 11.3 Å². The van der Waals surface area contributed by atoms with Crippen LogP contribution in [-0.2, 0) is 0 Å². The van der Waals surface area contributed by atoms with Crippen molar-refractivity contribution in [3.05, 3.63) is 34.0 Å². The Balaban J connectivity index is 2.38. The number of rotatable bonds is 4. The molecule has 0 radical (unpaired) electrons. The number of furan rings is 1. The molecule has 0 aliphatic heterocycles. The van der Waals surface area contributed by atoms with Crippen molar-refractivity contribution >= 4 is 26.9 Å². The van der Waals surface area contributed by atoms with Crippen molar-refractivity contribution in [3.63, 3.8) is 0 Å². The molecule has 1 N–H and O–H groups in total. The lowest BCUT2D eigenvalue weighted by atomic mass is 10.1. The Bertz CT molecular complexity index is 518. The van der Waals surface area contributed by atoms with Crippen molar-refractivity contribution in [2.45, 2.75) is 33.2 Å². The van der Waals surface area contributed by atoms with E-state index in [1.165, 1.54) is 10.9 Å². The van der Waals surface area contributed by atoms with E-state index < -0.39 is 0 Å². The Morgan fingerprint density at radius 3 is 2.88 bits per heavy atom. The summed E-state index contributed by atoms with van der Waals surface area (Å²) in [4.78, 5) is 0. The highest BCUT2D eigenvalue weighted by atomic mass is 79.9. The van der Waals surface area contributed by atoms with Crippen LogP contribution in [0.2, 0.25) is 0 Å². The van der Waals surface area contributed by atoms with Crippen molar-refractivity contribution in [3.8, 4) is 0 Å². The van der Waals surface area contributed by atoms with E-state index in [-0.39, 0.29) is 6.04 Å². The van der Waals surface area contributed by atoms with Gasteiger partial charge in [-0.15, -0.1) is 0 Å². The zero-order valence-electron chi connectivity index (χ0n) is 10.5. The van der Waals surface area contributed by atoms with Crippen LogP contribution in [0.15, 0.2) is 27.1 Å². The summed E-state index contributed by atoms with van der Waals surface area (Å²) < 4.78 is 7.02. The summed E-state index contributed by atoms with van der Waals surface area (Å²) in [6.45, 7) is 7.46. The number of nitrogens with one attached hydrogen (secondary N) is 1. The standard InChI is InChI=1S/C14H18BrNO/c1-4-7-16-10(3)14-9(2)12-8-11(15)5-6-13(12)17-14/h5-6,8,10,16H,4,7H2,1-3H3. The molecule has 3 heteroatoms. The van der Waals surface area contributed by atoms with E-state index in [4.69, 9.17) is 4.42 Å². The molecule has 2 nitrogen and oxygen atoms in total. The van der Waals surface area contributed by atoms with E-state index in [1.54, 1.807) is 0 Å². The highest BCUT2D eigenvalue weighted by Gasteiger charge is 2.15. The van der Waals surface area contributed by atoms with E-state index in [0.717, 1.165) is 28.8 Å². The third kappa shape index (κ3) is 2.55. The fourth-order valence-corrected chi connectivity index (χ4v) is 2.44. The molecule has 1 aromatic heterocycles. The zero-order valence-corrected chi connectivity index (χ0v) is 12.1. The summed E-state index contributed by atoms with van der Waals surface area (Å²) in [6.07, 6.45) is 1.13. The van der Waals surface area contributed by atoms with Gasteiger partial charge < -0.3 is 9.73 Å². The Kier molecular flexibility index (Phi) is 3.89. The summed E-state index contributed by atoms with van der Waals surface area (Å²) in [6, 6.07) is 6.41. The topological polar surface area (TPSA) is 25.2 Å². The second-order valence-corrected chi connectivity index (χ2v) is 5.32. The van der Waals surface area contributed by atoms with Gasteiger partial charge in [-0.1, -0.05) is 22.9 Å². The van der Waals surface area contributed by atoms with Crippen LogP contribution in [0.25, 0.3) is 11.0 Å². The van der Waals surface area contributed by atoms with Crippen LogP contribution in [0.3, 0.4) is 0 Å². The van der Waals surface area contributed by atoms with Crippen molar-refractivity contribution in [2.75, 3.05) is 6.54 Å². The summed E-state index contributed by atoms with van der Waals surface area (Å²) in [5, 5.41) is 4.65. The minimum absolute atomic E-state index is 0.265. The molecule has 1 atom stereocenters. The lowest BCUT2D eigenvalue weighted by molar-refractivity contribution is 0.448. The van der Waals surface area contributed by atoms with Gasteiger partial charge in [-0.3, -0.25) is 0 Å². The summed E-state index contributed by atoms with van der Waals surface area (Å²) in [5.74, 6) is 1.05. The molecule has 17 heavy (non-hydrogen) atoms. The minimum atomic E-state index is 0.265. The largest absolute Gasteiger partial charge is 0.459 e. The molecule has 0 aliphatic rings. The molecule has 92 valence electrons. The van der Waals surface area contributed by atoms with Crippen molar-refractivity contribution in [1.29, 1.82) is 0 Å². The second kappa shape index (κ2) is 5.23. The van der Waals surface area contributed by atoms with Crippen LogP contribution in [0.4, 0.5) is 0 Å². The smallest absolute Gasteiger partial charge is 0.134 e. The van der Waals surface area contributed by atoms with E-state index in [0.29, 0.717) is 0 Å². The number of aryl methyl sites for hydroxylation is 1. The molecule has 0 fully saturated rings. The third-order valence-corrected chi connectivity index (χ3v) is 3.52. The number of hydrogen-bond acceptors (Lipinski definition) is 2. The molecule has 0 aliphatic carbocycles. The van der Waals surface area contributed by atoms with E-state index in [2.05, 4.69) is 48.1 Å². The Morgan fingerprint density at radius 2 is 2.18 bits per heavy atom. The maximum Gasteiger partial charge on any atom is 0.134 e. The first-order chi connectivity index (χ1) is 8.13. The molecule has 0 bridgehead atoms. The first kappa shape index (κ1) is 12.7. The fourth-order valence-electron chi connectivity index (χ4n) is 2.08. The molecule has 1 heterocycles. The van der Waals surface area contributed by atoms with Crippen LogP contribution >= 0.6 is 15.9 Å². The predicted octanol–water partition coefficient (Wildman–Crippen LogP) is 4.56. The lowest BCUT2D eigenvalue weighted by Crippen LogP contribution is -2.19. The quantitative estimate of drug-likeness (QED) is 0.894. The Hall–Kier alpha value is -0.800. The summed E-state index contributed by atoms with van der Waals surface area (Å²) >= 11 is 3.50. The number of benzene rings is 1. The Morgan fingerprint density at radius 1 is 1.41 bits per heavy atom. The van der Waals surface area contributed by atoms with Gasteiger partial charge in [-0.2, -0.15) is 0 Å². The molecule has 1 aromatic carbocycles. The molecule has 0 spiro atoms. The highest BCUT2D eigenvalue weighted by molar-refractivity contribution is 9.10. The minimum Gasteiger partial charge on any atom is -0.459 e. The van der Waals surface area contributed by atoms with Crippen molar-refractivity contribution < 1.29 is 4.42 Å². The highest BCUT2D eigenvalue weighted by Crippen LogP contribution is 2.31. The monoisotopic (exact) mass is 295 g/mol. The van der Waals surface area contributed by atoms with Crippen molar-refractivity contribution in [2.24, 2.45) is 0 Å². The second-order valence-electron chi connectivity index (χ2n) is 4.41. The molecular formula is C14H18BrNO. The van der Waals surface area contributed by atoms with E-state index >= 15 is 0 Å². The molecule has 0 amide bonds. The average molecular weight is 296 g/mol. The molecule has 0 saturated carbocycles. The van der Waals surface area contributed by atoms with Crippen LogP contribution in [0, 0.1) is 6.92 Å². The third-order valence-electron chi connectivity index (χ3n) is 3.03. The van der Waals surface area contributed by atoms with Gasteiger partial charge in [0.15, 0.2) is 0 Å². The first-order valence-electron chi connectivity index (χ1n) is 6.05. The lowest BCUT2D eigenvalue weighted by Gasteiger charge is -2.11. The van der Waals surface area contributed by atoms with Crippen LogP contribution in [-0.4, -0.2) is 6.54 Å². The van der Waals surface area contributed by atoms with Crippen LogP contribution in [0.1, 0.15) is 37.6 Å². The van der Waals surface area contributed by atoms with Gasteiger partial charge >= 0.3 is 0 Å². The molecule has 0 saturated heterocycles. The maximum atomic E-state index is 5.93. The predicted molar refractivity (Wildman–Crippen MR) is 75.4 cm³/mol. The maximum absolute atomic E-state index is 5.93. The molecule has 2 rings (SSSR count). The van der Waals surface area contributed by atoms with Gasteiger partial charge in [0, 0.05) is 15.4 Å². The first-order valence-corrected chi connectivity index (χ1v) is 6.84. The number of hydrogen-bond donors (Lipinski definition) is 1. The van der Waals surface area contributed by atoms with Crippen LogP contribution < -0.4 is 5.32 Å². The van der Waals surface area contributed by atoms with E-state index in [1.807, 2.05) is 12.1 Å². The van der Waals surface area contributed by atoms with Gasteiger partial charge in [0.25, 0.3) is 0 Å². The van der Waals surface area contributed by atoms with Gasteiger partial charge in [0.2, 0.25) is 0 Å². The SMILES string of the molecule is CCCNC(C)c1oc2ccc(Br)cc2c1C. The van der Waals surface area contributed by atoms with E-state index in [9.17, 15) is 0 Å². The number of fused-ring (bicyclic) bond motifs is 1. The summed E-state index contributed by atoms with van der Waals surface area (Å²) in [7, 11) is 0. The van der Waals surface area contributed by atoms with Crippen LogP contribution in [0.5, 0.6) is 0 Å². The molecular weight excluding hydrogens is 278 g/mol. The fraction of sp³-hybridized carbons (Fsp3) is 0.429. The zero-order chi connectivity index (χ0) is 12.4. The van der Waals surface area contributed by atoms with Crippen molar-refractivity contribution in [1.82, 2.24) is 5.32 Å². The van der Waals surface area contributed by atoms with Gasteiger partial charge in [0.05, 0.1) is 6.04 Å². The van der Waals surface area contributed by atoms with Gasteiger partial charge in [-0.05, 0) is 45.0 Å². The average Bonchev–Trinajstić information content (AvgIpc) is 2.64. The molecule has 2 aromatic rings. The summed E-state index contributed by atoms with van der Waals surface area (Å²) in [5.41, 5.74) is 2.20. The van der Waals surface area contributed by atoms with Gasteiger partial charge in [-0.25, -0.2) is 0 Å². The normalized spacial score (nSPS) is 13.2. The molecule has 1 unspecified atom stereocenters. The number of halogens is 1.